The predicted molar refractivity (Wildman–Crippen MR) is 85.3 cm³/mol. The molecule has 0 saturated heterocycles. The SMILES string of the molecule is CCN(CC)[C@@H](C(=O)OCc1ccoc1C)c1ccccc1. The Hall–Kier alpha value is -2.07. The highest BCUT2D eigenvalue weighted by Gasteiger charge is 2.27. The van der Waals surface area contributed by atoms with Crippen LogP contribution in [0.2, 0.25) is 0 Å². The summed E-state index contributed by atoms with van der Waals surface area (Å²) in [6.07, 6.45) is 1.61. The van der Waals surface area contributed by atoms with Gasteiger partial charge in [0.2, 0.25) is 0 Å². The minimum atomic E-state index is -0.372. The first-order valence-corrected chi connectivity index (χ1v) is 7.66. The molecule has 0 aliphatic heterocycles. The van der Waals surface area contributed by atoms with E-state index in [1.165, 1.54) is 0 Å². The third kappa shape index (κ3) is 3.77. The highest BCUT2D eigenvalue weighted by Crippen LogP contribution is 2.23. The summed E-state index contributed by atoms with van der Waals surface area (Å²) in [5.41, 5.74) is 1.86. The molecule has 0 saturated carbocycles. The van der Waals surface area contributed by atoms with E-state index in [9.17, 15) is 4.79 Å². The topological polar surface area (TPSA) is 42.7 Å². The molecule has 118 valence electrons. The first kappa shape index (κ1) is 16.3. The number of likely N-dealkylation sites (N-methyl/N-ethyl adjacent to an activating group) is 1. The molecule has 4 heteroatoms. The Balaban J connectivity index is 2.14. The maximum Gasteiger partial charge on any atom is 0.328 e. The molecule has 0 bridgehead atoms. The Kier molecular flexibility index (Phi) is 5.78. The van der Waals surface area contributed by atoms with E-state index < -0.39 is 0 Å². The van der Waals surface area contributed by atoms with Crippen molar-refractivity contribution in [3.05, 3.63) is 59.5 Å². The number of hydrogen-bond donors (Lipinski definition) is 0. The summed E-state index contributed by atoms with van der Waals surface area (Å²) < 4.78 is 10.8. The molecule has 1 atom stereocenters. The third-order valence-electron chi connectivity index (χ3n) is 3.85. The van der Waals surface area contributed by atoms with E-state index in [0.717, 1.165) is 30.0 Å². The number of hydrogen-bond acceptors (Lipinski definition) is 4. The number of carbonyl (C=O) groups is 1. The highest BCUT2D eigenvalue weighted by molar-refractivity contribution is 5.77. The zero-order valence-electron chi connectivity index (χ0n) is 13.4. The monoisotopic (exact) mass is 301 g/mol. The first-order chi connectivity index (χ1) is 10.7. The fourth-order valence-corrected chi connectivity index (χ4v) is 2.51. The summed E-state index contributed by atoms with van der Waals surface area (Å²) in [7, 11) is 0. The third-order valence-corrected chi connectivity index (χ3v) is 3.85. The molecule has 0 radical (unpaired) electrons. The largest absolute Gasteiger partial charge is 0.469 e. The minimum absolute atomic E-state index is 0.226. The Labute approximate surface area is 131 Å². The van der Waals surface area contributed by atoms with Gasteiger partial charge in [0.05, 0.1) is 6.26 Å². The number of aryl methyl sites for hydroxylation is 1. The fraction of sp³-hybridized carbons (Fsp3) is 0.389. The van der Waals surface area contributed by atoms with Crippen LogP contribution < -0.4 is 0 Å². The standard InChI is InChI=1S/C18H23NO3/c1-4-19(5-2)17(15-9-7-6-8-10-15)18(20)22-13-16-11-12-21-14(16)3/h6-12,17H,4-5,13H2,1-3H3/t17-/m1/s1. The zero-order valence-corrected chi connectivity index (χ0v) is 13.4. The van der Waals surface area contributed by atoms with Gasteiger partial charge in [0.15, 0.2) is 0 Å². The Morgan fingerprint density at radius 1 is 1.18 bits per heavy atom. The minimum Gasteiger partial charge on any atom is -0.469 e. The van der Waals surface area contributed by atoms with Crippen molar-refractivity contribution >= 4 is 5.97 Å². The molecule has 0 unspecified atom stereocenters. The van der Waals surface area contributed by atoms with E-state index in [1.54, 1.807) is 6.26 Å². The van der Waals surface area contributed by atoms with Crippen molar-refractivity contribution in [2.24, 2.45) is 0 Å². The van der Waals surface area contributed by atoms with Crippen LogP contribution >= 0.6 is 0 Å². The van der Waals surface area contributed by atoms with Crippen molar-refractivity contribution < 1.29 is 13.9 Å². The van der Waals surface area contributed by atoms with Gasteiger partial charge in [-0.1, -0.05) is 44.2 Å². The van der Waals surface area contributed by atoms with Gasteiger partial charge >= 0.3 is 5.97 Å². The smallest absolute Gasteiger partial charge is 0.328 e. The van der Waals surface area contributed by atoms with Crippen molar-refractivity contribution in [3.63, 3.8) is 0 Å². The second kappa shape index (κ2) is 7.80. The van der Waals surface area contributed by atoms with Gasteiger partial charge in [0, 0.05) is 5.56 Å². The molecule has 0 amide bonds. The lowest BCUT2D eigenvalue weighted by Crippen LogP contribution is -2.35. The van der Waals surface area contributed by atoms with Gasteiger partial charge in [0.25, 0.3) is 0 Å². The van der Waals surface area contributed by atoms with Gasteiger partial charge in [-0.15, -0.1) is 0 Å². The Bertz CT molecular complexity index is 587. The van der Waals surface area contributed by atoms with Gasteiger partial charge in [-0.05, 0) is 31.6 Å². The number of nitrogens with zero attached hydrogens (tertiary/aromatic N) is 1. The molecule has 2 aromatic rings. The quantitative estimate of drug-likeness (QED) is 0.731. The van der Waals surface area contributed by atoms with Crippen molar-refractivity contribution in [1.82, 2.24) is 4.90 Å². The molecule has 0 N–H and O–H groups in total. The summed E-state index contributed by atoms with van der Waals surface area (Å²) >= 11 is 0. The van der Waals surface area contributed by atoms with Crippen LogP contribution in [0.5, 0.6) is 0 Å². The predicted octanol–water partition coefficient (Wildman–Crippen LogP) is 3.71. The summed E-state index contributed by atoms with van der Waals surface area (Å²) in [6, 6.07) is 11.2. The van der Waals surface area contributed by atoms with E-state index in [2.05, 4.69) is 4.90 Å². The maximum absolute atomic E-state index is 12.6. The number of benzene rings is 1. The second-order valence-corrected chi connectivity index (χ2v) is 5.14. The molecule has 1 aromatic carbocycles. The van der Waals surface area contributed by atoms with Crippen LogP contribution in [-0.2, 0) is 16.1 Å². The summed E-state index contributed by atoms with van der Waals surface area (Å²) in [6.45, 7) is 7.78. The van der Waals surface area contributed by atoms with Gasteiger partial charge in [0.1, 0.15) is 18.4 Å². The number of rotatable bonds is 7. The van der Waals surface area contributed by atoms with E-state index in [0.29, 0.717) is 0 Å². The first-order valence-electron chi connectivity index (χ1n) is 7.66. The molecule has 22 heavy (non-hydrogen) atoms. The zero-order chi connectivity index (χ0) is 15.9. The van der Waals surface area contributed by atoms with Crippen LogP contribution in [0.15, 0.2) is 47.1 Å². The van der Waals surface area contributed by atoms with Crippen molar-refractivity contribution in [1.29, 1.82) is 0 Å². The molecule has 1 heterocycles. The number of esters is 1. The molecule has 0 fully saturated rings. The van der Waals surface area contributed by atoms with Crippen molar-refractivity contribution in [2.75, 3.05) is 13.1 Å². The average Bonchev–Trinajstić information content (AvgIpc) is 2.96. The fourth-order valence-electron chi connectivity index (χ4n) is 2.51. The molecule has 4 nitrogen and oxygen atoms in total. The molecule has 0 aliphatic carbocycles. The molecule has 2 rings (SSSR count). The molecular formula is C18H23NO3. The van der Waals surface area contributed by atoms with Crippen LogP contribution in [0.25, 0.3) is 0 Å². The van der Waals surface area contributed by atoms with Crippen LogP contribution in [0.1, 0.15) is 36.8 Å². The summed E-state index contributed by atoms with van der Waals surface area (Å²) in [5.74, 6) is 0.558. The molecule has 0 aliphatic rings. The van der Waals surface area contributed by atoms with Crippen molar-refractivity contribution in [2.45, 2.75) is 33.4 Å². The normalized spacial score (nSPS) is 12.4. The van der Waals surface area contributed by atoms with Crippen LogP contribution in [0.3, 0.4) is 0 Å². The lowest BCUT2D eigenvalue weighted by molar-refractivity contribution is -0.151. The van der Waals surface area contributed by atoms with Crippen LogP contribution in [0.4, 0.5) is 0 Å². The summed E-state index contributed by atoms with van der Waals surface area (Å²) in [4.78, 5) is 14.7. The maximum atomic E-state index is 12.6. The van der Waals surface area contributed by atoms with E-state index >= 15 is 0 Å². The van der Waals surface area contributed by atoms with Gasteiger partial charge in [-0.3, -0.25) is 4.90 Å². The highest BCUT2D eigenvalue weighted by atomic mass is 16.5. The van der Waals surface area contributed by atoms with E-state index in [-0.39, 0.29) is 18.6 Å². The number of furan rings is 1. The van der Waals surface area contributed by atoms with Crippen LogP contribution in [-0.4, -0.2) is 24.0 Å². The Morgan fingerprint density at radius 3 is 2.41 bits per heavy atom. The van der Waals surface area contributed by atoms with Crippen molar-refractivity contribution in [3.8, 4) is 0 Å². The van der Waals surface area contributed by atoms with Gasteiger partial charge < -0.3 is 9.15 Å². The lowest BCUT2D eigenvalue weighted by Gasteiger charge is -2.28. The lowest BCUT2D eigenvalue weighted by atomic mass is 10.1. The number of ether oxygens (including phenoxy) is 1. The molecular weight excluding hydrogens is 278 g/mol. The van der Waals surface area contributed by atoms with Crippen LogP contribution in [0, 0.1) is 6.92 Å². The average molecular weight is 301 g/mol. The van der Waals surface area contributed by atoms with E-state index in [1.807, 2.05) is 57.2 Å². The second-order valence-electron chi connectivity index (χ2n) is 5.14. The van der Waals surface area contributed by atoms with Gasteiger partial charge in [-0.25, -0.2) is 4.79 Å². The molecule has 1 aromatic heterocycles. The van der Waals surface area contributed by atoms with Gasteiger partial charge in [-0.2, -0.15) is 0 Å². The Morgan fingerprint density at radius 2 is 1.86 bits per heavy atom. The molecule has 0 spiro atoms. The number of carbonyl (C=O) groups excluding carboxylic acids is 1. The van der Waals surface area contributed by atoms with E-state index in [4.69, 9.17) is 9.15 Å². The summed E-state index contributed by atoms with van der Waals surface area (Å²) in [5, 5.41) is 0.